The van der Waals surface area contributed by atoms with Gasteiger partial charge in [-0.25, -0.2) is 13.6 Å². The van der Waals surface area contributed by atoms with Crippen LogP contribution in [0.3, 0.4) is 0 Å². The monoisotopic (exact) mass is 261 g/mol. The maximum Gasteiger partial charge on any atom is 0.335 e. The number of hydrogen-bond donors (Lipinski definition) is 1. The van der Waals surface area contributed by atoms with Crippen LogP contribution < -0.4 is 4.90 Å². The Balaban J connectivity index is 2.30. The van der Waals surface area contributed by atoms with E-state index in [0.29, 0.717) is 5.69 Å². The Morgan fingerprint density at radius 3 is 2.65 bits per heavy atom. The van der Waals surface area contributed by atoms with Gasteiger partial charge >= 0.3 is 5.97 Å². The van der Waals surface area contributed by atoms with Crippen molar-refractivity contribution in [3.63, 3.8) is 0 Å². The zero-order valence-corrected chi connectivity index (χ0v) is 9.55. The minimum Gasteiger partial charge on any atom is -0.478 e. The zero-order valence-electron chi connectivity index (χ0n) is 8.79. The average molecular weight is 262 g/mol. The first kappa shape index (κ1) is 12.1. The second-order valence-corrected chi connectivity index (χ2v) is 4.47. The standard InChI is InChI=1S/C11H10ClF2NO2/c12-8-3-7(10(16)17)4-9(5-8)15-2-1-11(13,14)6-15/h3-5H,1-2,6H2,(H,16,17). The van der Waals surface area contributed by atoms with E-state index < -0.39 is 18.4 Å². The Labute approximate surface area is 102 Å². The lowest BCUT2D eigenvalue weighted by atomic mass is 10.2. The van der Waals surface area contributed by atoms with E-state index in [1.165, 1.54) is 23.1 Å². The number of carbonyl (C=O) groups is 1. The van der Waals surface area contributed by atoms with Gasteiger partial charge in [-0.1, -0.05) is 11.6 Å². The number of benzene rings is 1. The van der Waals surface area contributed by atoms with E-state index in [1.54, 1.807) is 0 Å². The number of nitrogens with zero attached hydrogens (tertiary/aromatic N) is 1. The Morgan fingerprint density at radius 1 is 1.41 bits per heavy atom. The molecule has 0 bridgehead atoms. The number of halogens is 3. The lowest BCUT2D eigenvalue weighted by Crippen LogP contribution is -2.25. The Morgan fingerprint density at radius 2 is 2.12 bits per heavy atom. The van der Waals surface area contributed by atoms with Crippen molar-refractivity contribution in [2.75, 3.05) is 18.0 Å². The van der Waals surface area contributed by atoms with E-state index >= 15 is 0 Å². The maximum atomic E-state index is 13.0. The Hall–Kier alpha value is -1.36. The molecule has 17 heavy (non-hydrogen) atoms. The molecular formula is C11H10ClF2NO2. The highest BCUT2D eigenvalue weighted by Gasteiger charge is 2.38. The van der Waals surface area contributed by atoms with Gasteiger partial charge in [-0.05, 0) is 18.2 Å². The van der Waals surface area contributed by atoms with Crippen LogP contribution in [0, 0.1) is 0 Å². The highest BCUT2D eigenvalue weighted by atomic mass is 35.5. The summed E-state index contributed by atoms with van der Waals surface area (Å²) in [5.74, 6) is -3.84. The molecule has 3 nitrogen and oxygen atoms in total. The molecule has 0 unspecified atom stereocenters. The van der Waals surface area contributed by atoms with E-state index in [0.717, 1.165) is 0 Å². The number of rotatable bonds is 2. The fraction of sp³-hybridized carbons (Fsp3) is 0.364. The van der Waals surface area contributed by atoms with Gasteiger partial charge in [0.15, 0.2) is 0 Å². The number of anilines is 1. The largest absolute Gasteiger partial charge is 0.478 e. The van der Waals surface area contributed by atoms with Crippen molar-refractivity contribution >= 4 is 23.3 Å². The van der Waals surface area contributed by atoms with E-state index in [4.69, 9.17) is 16.7 Å². The molecule has 0 amide bonds. The first-order valence-corrected chi connectivity index (χ1v) is 5.42. The van der Waals surface area contributed by atoms with Gasteiger partial charge in [0.25, 0.3) is 5.92 Å². The summed E-state index contributed by atoms with van der Waals surface area (Å²) in [5, 5.41) is 9.09. The van der Waals surface area contributed by atoms with E-state index in [2.05, 4.69) is 0 Å². The van der Waals surface area contributed by atoms with E-state index in [-0.39, 0.29) is 23.6 Å². The number of aromatic carboxylic acids is 1. The summed E-state index contributed by atoms with van der Waals surface area (Å²) in [6.45, 7) is -0.196. The molecule has 1 fully saturated rings. The highest BCUT2D eigenvalue weighted by molar-refractivity contribution is 6.31. The fourth-order valence-corrected chi connectivity index (χ4v) is 2.07. The van der Waals surface area contributed by atoms with Crippen LogP contribution in [-0.4, -0.2) is 30.1 Å². The molecule has 2 rings (SSSR count). The van der Waals surface area contributed by atoms with Crippen LogP contribution in [0.4, 0.5) is 14.5 Å². The molecule has 92 valence electrons. The topological polar surface area (TPSA) is 40.5 Å². The van der Waals surface area contributed by atoms with Crippen LogP contribution in [0.1, 0.15) is 16.8 Å². The van der Waals surface area contributed by atoms with Gasteiger partial charge in [0.2, 0.25) is 0 Å². The molecule has 1 heterocycles. The van der Waals surface area contributed by atoms with E-state index in [9.17, 15) is 13.6 Å². The predicted molar refractivity (Wildman–Crippen MR) is 60.2 cm³/mol. The smallest absolute Gasteiger partial charge is 0.335 e. The molecule has 0 aromatic heterocycles. The van der Waals surface area contributed by atoms with Crippen molar-refractivity contribution < 1.29 is 18.7 Å². The average Bonchev–Trinajstić information content (AvgIpc) is 2.58. The van der Waals surface area contributed by atoms with Crippen molar-refractivity contribution in [1.29, 1.82) is 0 Å². The van der Waals surface area contributed by atoms with Crippen LogP contribution in [0.2, 0.25) is 5.02 Å². The fourth-order valence-electron chi connectivity index (χ4n) is 1.84. The molecule has 1 aliphatic heterocycles. The van der Waals surface area contributed by atoms with Gasteiger partial charge in [0, 0.05) is 23.7 Å². The third-order valence-electron chi connectivity index (χ3n) is 2.66. The number of hydrogen-bond acceptors (Lipinski definition) is 2. The van der Waals surface area contributed by atoms with Gasteiger partial charge < -0.3 is 10.0 Å². The Bertz CT molecular complexity index is 465. The van der Waals surface area contributed by atoms with Crippen LogP contribution in [0.15, 0.2) is 18.2 Å². The van der Waals surface area contributed by atoms with Crippen molar-refractivity contribution in [2.24, 2.45) is 0 Å². The summed E-state index contributed by atoms with van der Waals surface area (Å²) in [5.41, 5.74) is 0.426. The van der Waals surface area contributed by atoms with Crippen LogP contribution >= 0.6 is 11.6 Å². The summed E-state index contributed by atoms with van der Waals surface area (Å²) in [6, 6.07) is 4.15. The number of carboxylic acids is 1. The first-order chi connectivity index (χ1) is 7.87. The number of carboxylic acid groups (broad SMARTS) is 1. The quantitative estimate of drug-likeness (QED) is 0.890. The SMILES string of the molecule is O=C(O)c1cc(Cl)cc(N2CCC(F)(F)C2)c1. The van der Waals surface area contributed by atoms with Gasteiger partial charge in [0.05, 0.1) is 12.1 Å². The summed E-state index contributed by atoms with van der Waals surface area (Å²) >= 11 is 5.77. The Kier molecular flexibility index (Phi) is 2.95. The second-order valence-electron chi connectivity index (χ2n) is 4.03. The molecule has 1 saturated heterocycles. The van der Waals surface area contributed by atoms with Crippen molar-refractivity contribution in [2.45, 2.75) is 12.3 Å². The molecular weight excluding hydrogens is 252 g/mol. The molecule has 0 aliphatic carbocycles. The minimum atomic E-state index is -2.72. The lowest BCUT2D eigenvalue weighted by molar-refractivity contribution is 0.0257. The van der Waals surface area contributed by atoms with Gasteiger partial charge in [0.1, 0.15) is 0 Å². The predicted octanol–water partition coefficient (Wildman–Crippen LogP) is 2.88. The summed E-state index contributed by atoms with van der Waals surface area (Å²) in [7, 11) is 0. The van der Waals surface area contributed by atoms with Crippen molar-refractivity contribution in [3.8, 4) is 0 Å². The molecule has 1 aliphatic rings. The van der Waals surface area contributed by atoms with Gasteiger partial charge in [-0.3, -0.25) is 0 Å². The van der Waals surface area contributed by atoms with Crippen LogP contribution in [0.25, 0.3) is 0 Å². The molecule has 1 aromatic carbocycles. The highest BCUT2D eigenvalue weighted by Crippen LogP contribution is 2.32. The van der Waals surface area contributed by atoms with Gasteiger partial charge in [-0.2, -0.15) is 0 Å². The van der Waals surface area contributed by atoms with E-state index in [1.807, 2.05) is 0 Å². The van der Waals surface area contributed by atoms with Crippen molar-refractivity contribution in [1.82, 2.24) is 0 Å². The summed E-state index contributed by atoms with van der Waals surface area (Å²) < 4.78 is 26.1. The molecule has 1 aromatic rings. The maximum absolute atomic E-state index is 13.0. The normalized spacial score (nSPS) is 18.4. The molecule has 1 N–H and O–H groups in total. The zero-order chi connectivity index (χ0) is 12.6. The van der Waals surface area contributed by atoms with Gasteiger partial charge in [-0.15, -0.1) is 0 Å². The molecule has 6 heteroatoms. The molecule has 0 atom stereocenters. The molecule has 0 saturated carbocycles. The first-order valence-electron chi connectivity index (χ1n) is 5.04. The minimum absolute atomic E-state index is 0.00252. The summed E-state index contributed by atoms with van der Waals surface area (Å²) in [6.07, 6.45) is -0.220. The van der Waals surface area contributed by atoms with Crippen LogP contribution in [0.5, 0.6) is 0 Å². The van der Waals surface area contributed by atoms with Crippen LogP contribution in [-0.2, 0) is 0 Å². The third-order valence-corrected chi connectivity index (χ3v) is 2.88. The number of alkyl halides is 2. The molecule has 0 spiro atoms. The van der Waals surface area contributed by atoms with Crippen molar-refractivity contribution in [3.05, 3.63) is 28.8 Å². The second kappa shape index (κ2) is 4.14. The third kappa shape index (κ3) is 2.66. The molecule has 0 radical (unpaired) electrons. The summed E-state index contributed by atoms with van der Waals surface area (Å²) in [4.78, 5) is 12.3. The lowest BCUT2D eigenvalue weighted by Gasteiger charge is -2.18.